The lowest BCUT2D eigenvalue weighted by molar-refractivity contribution is 0.0797. The number of aliphatic imine (C=N–C) groups is 1. The van der Waals surface area contributed by atoms with Gasteiger partial charge in [-0.25, -0.2) is 19.5 Å². The number of hydrogen-bond acceptors (Lipinski definition) is 9. The van der Waals surface area contributed by atoms with Gasteiger partial charge in [0.05, 0.1) is 19.9 Å². The molecule has 0 aliphatic carbocycles. The van der Waals surface area contributed by atoms with Crippen LogP contribution >= 0.6 is 0 Å². The Morgan fingerprint density at radius 3 is 2.31 bits per heavy atom. The van der Waals surface area contributed by atoms with Gasteiger partial charge in [-0.15, -0.1) is 10.2 Å². The molecule has 12 heteroatoms. The molecule has 0 saturated heterocycles. The summed E-state index contributed by atoms with van der Waals surface area (Å²) in [5.41, 5.74) is 4.56. The molecule has 0 radical (unpaired) electrons. The molecule has 0 bridgehead atoms. The molecule has 0 spiro atoms. The van der Waals surface area contributed by atoms with Gasteiger partial charge in [0.1, 0.15) is 12.3 Å². The second kappa shape index (κ2) is 10.6. The summed E-state index contributed by atoms with van der Waals surface area (Å²) in [6.07, 6.45) is -0.400. The number of tetrazole rings is 1. The molecule has 2 amide bonds. The first-order valence-corrected chi connectivity index (χ1v) is 12.6. The first-order valence-electron chi connectivity index (χ1n) is 12.6. The van der Waals surface area contributed by atoms with Crippen LogP contribution in [0.15, 0.2) is 65.4 Å². The van der Waals surface area contributed by atoms with E-state index in [0.717, 1.165) is 22.3 Å². The van der Waals surface area contributed by atoms with Crippen molar-refractivity contribution in [1.82, 2.24) is 35.3 Å². The topological polar surface area (TPSA) is 129 Å². The number of methoxy groups -OCH3 is 2. The highest BCUT2D eigenvalue weighted by atomic mass is 16.6. The van der Waals surface area contributed by atoms with Crippen molar-refractivity contribution in [3.63, 3.8) is 0 Å². The monoisotopic (exact) mass is 530 g/mol. The van der Waals surface area contributed by atoms with Crippen LogP contribution in [-0.2, 0) is 16.0 Å². The van der Waals surface area contributed by atoms with Crippen LogP contribution in [0.2, 0.25) is 0 Å². The molecule has 12 nitrogen and oxygen atoms in total. The molecule has 2 aliphatic rings. The van der Waals surface area contributed by atoms with Crippen LogP contribution in [-0.4, -0.2) is 79.9 Å². The van der Waals surface area contributed by atoms with Crippen LogP contribution in [0, 0.1) is 5.92 Å². The number of amides is 2. The first-order chi connectivity index (χ1) is 18.8. The Hall–Kier alpha value is -4.74. The average Bonchev–Trinajstić information content (AvgIpc) is 3.61. The summed E-state index contributed by atoms with van der Waals surface area (Å²) in [7, 11) is 2.61. The fraction of sp³-hybridized carbons (Fsp3) is 0.333. The molecule has 0 saturated carbocycles. The summed E-state index contributed by atoms with van der Waals surface area (Å²) in [5.74, 6) is 1.13. The number of hydrogen-bond donors (Lipinski definition) is 1. The Morgan fingerprint density at radius 1 is 1.00 bits per heavy atom. The van der Waals surface area contributed by atoms with E-state index in [1.54, 1.807) is 13.1 Å². The number of aromatic nitrogens is 4. The van der Waals surface area contributed by atoms with Crippen molar-refractivity contribution in [2.24, 2.45) is 10.9 Å². The zero-order chi connectivity index (χ0) is 27.7. The molecule has 5 rings (SSSR count). The Balaban J connectivity index is 1.48. The van der Waals surface area contributed by atoms with Gasteiger partial charge in [0.15, 0.2) is 5.84 Å². The highest BCUT2D eigenvalue weighted by Crippen LogP contribution is 2.35. The van der Waals surface area contributed by atoms with Gasteiger partial charge in [0, 0.05) is 18.3 Å². The van der Waals surface area contributed by atoms with E-state index >= 15 is 0 Å². The van der Waals surface area contributed by atoms with E-state index in [9.17, 15) is 9.59 Å². The van der Waals surface area contributed by atoms with Crippen molar-refractivity contribution >= 4 is 18.0 Å². The normalized spacial score (nSPS) is 18.6. The number of fused-ring (bicyclic) bond motifs is 1. The van der Waals surface area contributed by atoms with Crippen LogP contribution in [0.1, 0.15) is 26.3 Å². The highest BCUT2D eigenvalue weighted by Gasteiger charge is 2.45. The fourth-order valence-electron chi connectivity index (χ4n) is 4.92. The molecule has 39 heavy (non-hydrogen) atoms. The van der Waals surface area contributed by atoms with Crippen LogP contribution in [0.4, 0.5) is 9.59 Å². The predicted molar refractivity (Wildman–Crippen MR) is 143 cm³/mol. The van der Waals surface area contributed by atoms with Crippen LogP contribution in [0.5, 0.6) is 0 Å². The second-order valence-electron chi connectivity index (χ2n) is 9.58. The molecular formula is C27H30N8O4. The van der Waals surface area contributed by atoms with E-state index in [1.807, 2.05) is 24.3 Å². The van der Waals surface area contributed by atoms with E-state index in [2.05, 4.69) is 63.6 Å². The number of benzene rings is 2. The number of nitrogens with one attached hydrogen (secondary N) is 1. The van der Waals surface area contributed by atoms with Gasteiger partial charge in [-0.2, -0.15) is 5.21 Å². The maximum Gasteiger partial charge on any atom is 0.417 e. The zero-order valence-electron chi connectivity index (χ0n) is 22.4. The SMILES string of the molecule is COC(=O)N1C=C2C(=NC(C(C)C)N2Cc2ccc(-c3ccccc3-c3nn[nH]n3)cc2)N(C(=O)OC)C1C. The van der Waals surface area contributed by atoms with Gasteiger partial charge >= 0.3 is 12.2 Å². The molecule has 1 N–H and O–H groups in total. The number of aromatic amines is 1. The van der Waals surface area contributed by atoms with Gasteiger partial charge in [-0.1, -0.05) is 62.4 Å². The number of ether oxygens (including phenoxy) is 2. The Morgan fingerprint density at radius 2 is 1.69 bits per heavy atom. The van der Waals surface area contributed by atoms with Crippen molar-refractivity contribution in [3.8, 4) is 22.5 Å². The third-order valence-electron chi connectivity index (χ3n) is 6.86. The second-order valence-corrected chi connectivity index (χ2v) is 9.58. The molecule has 0 fully saturated rings. The molecular weight excluding hydrogens is 500 g/mol. The molecule has 202 valence electrons. The molecule has 2 aromatic carbocycles. The van der Waals surface area contributed by atoms with Crippen LogP contribution < -0.4 is 0 Å². The molecule has 3 heterocycles. The van der Waals surface area contributed by atoms with E-state index in [4.69, 9.17) is 14.5 Å². The van der Waals surface area contributed by atoms with Gasteiger partial charge in [0.25, 0.3) is 0 Å². The summed E-state index contributed by atoms with van der Waals surface area (Å²) in [5, 5.41) is 14.4. The number of H-pyrrole nitrogens is 1. The third-order valence-corrected chi connectivity index (χ3v) is 6.86. The van der Waals surface area contributed by atoms with Gasteiger partial charge < -0.3 is 14.4 Å². The quantitative estimate of drug-likeness (QED) is 0.523. The van der Waals surface area contributed by atoms with E-state index in [0.29, 0.717) is 23.9 Å². The lowest BCUT2D eigenvalue weighted by Gasteiger charge is -2.39. The van der Waals surface area contributed by atoms with Crippen molar-refractivity contribution < 1.29 is 19.1 Å². The number of amidine groups is 1. The summed E-state index contributed by atoms with van der Waals surface area (Å²) in [6, 6.07) is 16.1. The lowest BCUT2D eigenvalue weighted by atomic mass is 9.98. The van der Waals surface area contributed by atoms with Gasteiger partial charge in [0.2, 0.25) is 5.82 Å². The number of nitrogens with zero attached hydrogens (tertiary/aromatic N) is 7. The van der Waals surface area contributed by atoms with Crippen molar-refractivity contribution in [2.75, 3.05) is 14.2 Å². The maximum absolute atomic E-state index is 12.8. The summed E-state index contributed by atoms with van der Waals surface area (Å²) in [6.45, 7) is 6.37. The van der Waals surface area contributed by atoms with E-state index in [1.165, 1.54) is 24.0 Å². The smallest absolute Gasteiger partial charge is 0.417 e. The van der Waals surface area contributed by atoms with Crippen molar-refractivity contribution in [1.29, 1.82) is 0 Å². The number of carbonyl (C=O) groups excluding carboxylic acids is 2. The van der Waals surface area contributed by atoms with E-state index in [-0.39, 0.29) is 12.1 Å². The fourth-order valence-corrected chi connectivity index (χ4v) is 4.92. The van der Waals surface area contributed by atoms with Gasteiger partial charge in [-0.05, 0) is 34.7 Å². The highest BCUT2D eigenvalue weighted by molar-refractivity contribution is 6.08. The zero-order valence-corrected chi connectivity index (χ0v) is 22.4. The minimum absolute atomic E-state index is 0.131. The van der Waals surface area contributed by atoms with Crippen molar-refractivity contribution in [2.45, 2.75) is 39.6 Å². The predicted octanol–water partition coefficient (Wildman–Crippen LogP) is 4.07. The standard InChI is InChI=1S/C27H30N8O4/c1-16(2)24-28-25-22(15-33(26(36)38-4)17(3)35(25)27(37)39-5)34(24)14-18-10-12-19(13-11-18)20-8-6-7-9-21(20)23-29-31-32-30-23/h6-13,15-17,24H,14H2,1-5H3,(H,29,30,31,32). The minimum Gasteiger partial charge on any atom is -0.452 e. The molecule has 3 aromatic rings. The number of carbonyl (C=O) groups is 2. The molecule has 2 atom stereocenters. The summed E-state index contributed by atoms with van der Waals surface area (Å²) >= 11 is 0. The van der Waals surface area contributed by atoms with Crippen molar-refractivity contribution in [3.05, 3.63) is 66.0 Å². The van der Waals surface area contributed by atoms with Crippen LogP contribution in [0.3, 0.4) is 0 Å². The minimum atomic E-state index is -0.668. The Kier molecular flexibility index (Phi) is 7.01. The van der Waals surface area contributed by atoms with Gasteiger partial charge in [-0.3, -0.25) is 4.90 Å². The Bertz CT molecular complexity index is 1420. The first kappa shape index (κ1) is 25.9. The molecule has 2 unspecified atom stereocenters. The maximum atomic E-state index is 12.8. The third kappa shape index (κ3) is 4.69. The lowest BCUT2D eigenvalue weighted by Crippen LogP contribution is -2.56. The van der Waals surface area contributed by atoms with Crippen LogP contribution in [0.25, 0.3) is 22.5 Å². The average molecular weight is 531 g/mol. The molecule has 1 aromatic heterocycles. The molecule has 2 aliphatic heterocycles. The Labute approximate surface area is 225 Å². The van der Waals surface area contributed by atoms with E-state index < -0.39 is 18.4 Å². The summed E-state index contributed by atoms with van der Waals surface area (Å²) in [4.78, 5) is 35.2. The largest absolute Gasteiger partial charge is 0.452 e. The summed E-state index contributed by atoms with van der Waals surface area (Å²) < 4.78 is 10.0. The number of rotatable bonds is 5.